The van der Waals surface area contributed by atoms with E-state index in [2.05, 4.69) is 15.4 Å². The van der Waals surface area contributed by atoms with E-state index in [4.69, 9.17) is 0 Å². The van der Waals surface area contributed by atoms with E-state index in [9.17, 15) is 18.0 Å². The second-order valence-corrected chi connectivity index (χ2v) is 10.2. The summed E-state index contributed by atoms with van der Waals surface area (Å²) in [5.41, 5.74) is 2.70. The Kier molecular flexibility index (Phi) is 6.98. The summed E-state index contributed by atoms with van der Waals surface area (Å²) < 4.78 is 28.1. The number of benzene rings is 3. The highest BCUT2D eigenvalue weighted by Gasteiger charge is 2.19. The molecule has 1 aliphatic rings. The predicted molar refractivity (Wildman–Crippen MR) is 133 cm³/mol. The molecule has 0 aliphatic heterocycles. The third-order valence-electron chi connectivity index (χ3n) is 5.81. The van der Waals surface area contributed by atoms with Gasteiger partial charge in [0.05, 0.1) is 4.90 Å². The van der Waals surface area contributed by atoms with E-state index < -0.39 is 15.9 Å². The van der Waals surface area contributed by atoms with Gasteiger partial charge in [0, 0.05) is 28.5 Å². The molecule has 0 aromatic heterocycles. The van der Waals surface area contributed by atoms with E-state index in [0.29, 0.717) is 16.9 Å². The van der Waals surface area contributed by atoms with E-state index in [0.717, 1.165) is 31.2 Å². The number of anilines is 2. The summed E-state index contributed by atoms with van der Waals surface area (Å²) >= 11 is 0. The van der Waals surface area contributed by atoms with Crippen LogP contribution >= 0.6 is 0 Å². The van der Waals surface area contributed by atoms with E-state index in [1.807, 2.05) is 19.1 Å². The largest absolute Gasteiger partial charge is 0.349 e. The minimum absolute atomic E-state index is 0.0142. The van der Waals surface area contributed by atoms with Crippen molar-refractivity contribution in [3.8, 4) is 0 Å². The fraction of sp³-hybridized carbons (Fsp3) is 0.231. The summed E-state index contributed by atoms with van der Waals surface area (Å²) in [6, 6.07) is 19.7. The fourth-order valence-corrected chi connectivity index (χ4v) is 4.99. The zero-order valence-electron chi connectivity index (χ0n) is 18.9. The van der Waals surface area contributed by atoms with Gasteiger partial charge in [-0.1, -0.05) is 36.6 Å². The molecule has 0 bridgehead atoms. The summed E-state index contributed by atoms with van der Waals surface area (Å²) in [4.78, 5) is 25.1. The lowest BCUT2D eigenvalue weighted by Gasteiger charge is -2.12. The third kappa shape index (κ3) is 5.82. The minimum Gasteiger partial charge on any atom is -0.349 e. The number of hydrogen-bond donors (Lipinski definition) is 3. The highest BCUT2D eigenvalue weighted by Crippen LogP contribution is 2.20. The predicted octanol–water partition coefficient (Wildman–Crippen LogP) is 4.72. The molecule has 3 N–H and O–H groups in total. The van der Waals surface area contributed by atoms with Crippen molar-refractivity contribution in [2.75, 3.05) is 10.0 Å². The quantitative estimate of drug-likeness (QED) is 0.458. The zero-order chi connectivity index (χ0) is 24.1. The lowest BCUT2D eigenvalue weighted by Crippen LogP contribution is -2.32. The van der Waals surface area contributed by atoms with Gasteiger partial charge in [-0.3, -0.25) is 14.3 Å². The van der Waals surface area contributed by atoms with Crippen LogP contribution in [0.5, 0.6) is 0 Å². The van der Waals surface area contributed by atoms with Gasteiger partial charge in [0.1, 0.15) is 0 Å². The number of carbonyl (C=O) groups excluding carboxylic acids is 2. The van der Waals surface area contributed by atoms with Crippen LogP contribution in [0.2, 0.25) is 0 Å². The van der Waals surface area contributed by atoms with E-state index in [1.165, 1.54) is 18.2 Å². The maximum atomic E-state index is 12.8. The van der Waals surface area contributed by atoms with Crippen molar-refractivity contribution in [3.63, 3.8) is 0 Å². The van der Waals surface area contributed by atoms with Crippen LogP contribution in [0.3, 0.4) is 0 Å². The first kappa shape index (κ1) is 23.5. The Morgan fingerprint density at radius 3 is 2.12 bits per heavy atom. The van der Waals surface area contributed by atoms with Crippen molar-refractivity contribution in [2.24, 2.45) is 0 Å². The van der Waals surface area contributed by atoms with Crippen molar-refractivity contribution in [1.29, 1.82) is 0 Å². The van der Waals surface area contributed by atoms with Gasteiger partial charge >= 0.3 is 0 Å². The van der Waals surface area contributed by atoms with E-state index in [-0.39, 0.29) is 22.4 Å². The molecule has 2 amide bonds. The molecule has 34 heavy (non-hydrogen) atoms. The molecule has 0 saturated heterocycles. The lowest BCUT2D eigenvalue weighted by atomic mass is 10.1. The van der Waals surface area contributed by atoms with Crippen molar-refractivity contribution >= 4 is 33.2 Å². The van der Waals surface area contributed by atoms with Crippen LogP contribution in [0.15, 0.2) is 77.7 Å². The number of hydrogen-bond acceptors (Lipinski definition) is 4. The van der Waals surface area contributed by atoms with Crippen molar-refractivity contribution in [3.05, 3.63) is 89.5 Å². The molecule has 1 saturated carbocycles. The molecular weight excluding hydrogens is 450 g/mol. The van der Waals surface area contributed by atoms with Gasteiger partial charge in [0.25, 0.3) is 21.8 Å². The lowest BCUT2D eigenvalue weighted by molar-refractivity contribution is 0.0937. The second-order valence-electron chi connectivity index (χ2n) is 8.49. The summed E-state index contributed by atoms with van der Waals surface area (Å²) in [6.07, 6.45) is 4.30. The smallest absolute Gasteiger partial charge is 0.261 e. The van der Waals surface area contributed by atoms with Crippen LogP contribution in [0.1, 0.15) is 52.0 Å². The van der Waals surface area contributed by atoms with Crippen molar-refractivity contribution < 1.29 is 18.0 Å². The number of carbonyl (C=O) groups is 2. The van der Waals surface area contributed by atoms with Gasteiger partial charge in [-0.25, -0.2) is 8.42 Å². The molecule has 3 aromatic carbocycles. The Bertz CT molecular complexity index is 1280. The van der Waals surface area contributed by atoms with Gasteiger partial charge in [-0.15, -0.1) is 0 Å². The number of rotatable bonds is 7. The number of amides is 2. The average Bonchev–Trinajstić information content (AvgIpc) is 3.34. The highest BCUT2D eigenvalue weighted by atomic mass is 32.2. The Labute approximate surface area is 199 Å². The summed E-state index contributed by atoms with van der Waals surface area (Å²) in [5, 5.41) is 5.78. The van der Waals surface area contributed by atoms with Gasteiger partial charge < -0.3 is 10.6 Å². The molecule has 0 spiro atoms. The Balaban J connectivity index is 1.41. The molecule has 3 aromatic rings. The van der Waals surface area contributed by atoms with Crippen LogP contribution in [-0.4, -0.2) is 26.3 Å². The van der Waals surface area contributed by atoms with Crippen molar-refractivity contribution in [2.45, 2.75) is 43.5 Å². The summed E-state index contributed by atoms with van der Waals surface area (Å²) in [6.45, 7) is 1.92. The highest BCUT2D eigenvalue weighted by molar-refractivity contribution is 7.92. The summed E-state index contributed by atoms with van der Waals surface area (Å²) in [5.74, 6) is -0.570. The van der Waals surface area contributed by atoms with Crippen LogP contribution in [0, 0.1) is 6.92 Å². The molecule has 4 rings (SSSR count). The Morgan fingerprint density at radius 2 is 1.44 bits per heavy atom. The zero-order valence-corrected chi connectivity index (χ0v) is 19.7. The van der Waals surface area contributed by atoms with Crippen LogP contribution < -0.4 is 15.4 Å². The monoisotopic (exact) mass is 477 g/mol. The van der Waals surface area contributed by atoms with Crippen LogP contribution in [0.4, 0.5) is 11.4 Å². The maximum Gasteiger partial charge on any atom is 0.261 e. The molecule has 8 heteroatoms. The second kappa shape index (κ2) is 10.1. The standard InChI is InChI=1S/C26H27N3O4S/c1-18-9-13-23(14-10-18)29-34(32,33)24-8-4-5-20(17-24)26(31)28-22-15-11-19(12-16-22)25(30)27-21-6-2-3-7-21/h4-5,8-17,21,29H,2-3,6-7H2,1H3,(H,27,30)(H,28,31). The first-order valence-corrected chi connectivity index (χ1v) is 12.7. The van der Waals surface area contributed by atoms with Gasteiger partial charge in [0.2, 0.25) is 0 Å². The SMILES string of the molecule is Cc1ccc(NS(=O)(=O)c2cccc(C(=O)Nc3ccc(C(=O)NC4CCCC4)cc3)c2)cc1. The summed E-state index contributed by atoms with van der Waals surface area (Å²) in [7, 11) is -3.85. The van der Waals surface area contributed by atoms with Crippen LogP contribution in [-0.2, 0) is 10.0 Å². The minimum atomic E-state index is -3.85. The first-order chi connectivity index (χ1) is 16.3. The topological polar surface area (TPSA) is 104 Å². The van der Waals surface area contributed by atoms with Gasteiger partial charge in [0.15, 0.2) is 0 Å². The Morgan fingerprint density at radius 1 is 0.794 bits per heavy atom. The van der Waals surface area contributed by atoms with E-state index in [1.54, 1.807) is 42.5 Å². The molecule has 7 nitrogen and oxygen atoms in total. The molecule has 1 fully saturated rings. The number of nitrogens with one attached hydrogen (secondary N) is 3. The molecule has 1 aliphatic carbocycles. The maximum absolute atomic E-state index is 12.8. The van der Waals surface area contributed by atoms with E-state index >= 15 is 0 Å². The Hall–Kier alpha value is -3.65. The van der Waals surface area contributed by atoms with Crippen molar-refractivity contribution in [1.82, 2.24) is 5.32 Å². The molecule has 176 valence electrons. The average molecular weight is 478 g/mol. The van der Waals surface area contributed by atoms with Crippen LogP contribution in [0.25, 0.3) is 0 Å². The molecule has 0 heterocycles. The molecule has 0 unspecified atom stereocenters. The first-order valence-electron chi connectivity index (χ1n) is 11.2. The molecule has 0 atom stereocenters. The molecule has 0 radical (unpaired) electrons. The normalized spacial score (nSPS) is 13.9. The third-order valence-corrected chi connectivity index (χ3v) is 7.18. The van der Waals surface area contributed by atoms with Gasteiger partial charge in [-0.2, -0.15) is 0 Å². The fourth-order valence-electron chi connectivity index (χ4n) is 3.89. The molecular formula is C26H27N3O4S. The van der Waals surface area contributed by atoms with Gasteiger partial charge in [-0.05, 0) is 74.4 Å². The number of sulfonamides is 1. The number of aryl methyl sites for hydroxylation is 1.